The number of benzene rings is 1. The van der Waals surface area contributed by atoms with E-state index < -0.39 is 5.97 Å². The van der Waals surface area contributed by atoms with Gasteiger partial charge in [0.1, 0.15) is 0 Å². The molecule has 0 atom stereocenters. The van der Waals surface area contributed by atoms with Crippen molar-refractivity contribution in [1.82, 2.24) is 0 Å². The fourth-order valence-electron chi connectivity index (χ4n) is 0.823. The van der Waals surface area contributed by atoms with Gasteiger partial charge < -0.3 is 5.11 Å². The Labute approximate surface area is 75.9 Å². The van der Waals surface area contributed by atoms with Crippen molar-refractivity contribution in [3.63, 3.8) is 0 Å². The van der Waals surface area contributed by atoms with E-state index in [0.717, 1.165) is 0 Å². The van der Waals surface area contributed by atoms with E-state index in [1.54, 1.807) is 12.1 Å². The first kappa shape index (κ1) is 9.38. The van der Waals surface area contributed by atoms with E-state index in [1.807, 2.05) is 6.92 Å². The van der Waals surface area contributed by atoms with Gasteiger partial charge >= 0.3 is 5.97 Å². The molecule has 0 aliphatic heterocycles. The third-order valence-corrected chi connectivity index (χ3v) is 1.44. The minimum Gasteiger partial charge on any atom is -0.478 e. The predicted octanol–water partition coefficient (Wildman–Crippen LogP) is 2.49. The second kappa shape index (κ2) is 4.35. The molecule has 4 heteroatoms. The largest absolute Gasteiger partial charge is 0.478 e. The van der Waals surface area contributed by atoms with E-state index in [-0.39, 0.29) is 5.56 Å². The van der Waals surface area contributed by atoms with Crippen LogP contribution in [0.25, 0.3) is 0 Å². The second-order valence-corrected chi connectivity index (χ2v) is 2.41. The number of rotatable bonds is 3. The zero-order valence-corrected chi connectivity index (χ0v) is 7.27. The summed E-state index contributed by atoms with van der Waals surface area (Å²) in [6.45, 7) is 2.51. The molecule has 4 nitrogen and oxygen atoms in total. The van der Waals surface area contributed by atoms with Crippen LogP contribution in [0.1, 0.15) is 17.3 Å². The normalized spacial score (nSPS) is 10.5. The van der Waals surface area contributed by atoms with E-state index in [9.17, 15) is 4.79 Å². The molecule has 13 heavy (non-hydrogen) atoms. The Morgan fingerprint density at radius 1 is 1.38 bits per heavy atom. The number of hydrogen-bond donors (Lipinski definition) is 1. The molecule has 1 rings (SSSR count). The van der Waals surface area contributed by atoms with E-state index in [0.29, 0.717) is 12.2 Å². The maximum atomic E-state index is 10.5. The Kier molecular flexibility index (Phi) is 3.14. The molecule has 0 unspecified atom stereocenters. The molecule has 0 aromatic heterocycles. The van der Waals surface area contributed by atoms with Crippen molar-refractivity contribution in [3.05, 3.63) is 29.8 Å². The van der Waals surface area contributed by atoms with Crippen molar-refractivity contribution in [2.75, 3.05) is 6.54 Å². The average Bonchev–Trinajstić information content (AvgIpc) is 2.15. The predicted molar refractivity (Wildman–Crippen MR) is 48.5 cm³/mol. The second-order valence-electron chi connectivity index (χ2n) is 2.41. The number of carbonyl (C=O) groups is 1. The van der Waals surface area contributed by atoms with Crippen LogP contribution in [-0.2, 0) is 0 Å². The molecule has 68 valence electrons. The highest BCUT2D eigenvalue weighted by atomic mass is 16.4. The van der Waals surface area contributed by atoms with Gasteiger partial charge in [-0.15, -0.1) is 0 Å². The lowest BCUT2D eigenvalue weighted by atomic mass is 10.2. The third kappa shape index (κ3) is 2.66. The topological polar surface area (TPSA) is 62.0 Å². The number of carboxylic acids is 1. The smallest absolute Gasteiger partial charge is 0.335 e. The minimum atomic E-state index is -0.931. The van der Waals surface area contributed by atoms with Gasteiger partial charge in [0, 0.05) is 0 Å². The molecule has 1 aromatic carbocycles. The molecule has 0 spiro atoms. The number of nitrogens with zero attached hydrogens (tertiary/aromatic N) is 2. The van der Waals surface area contributed by atoms with Crippen LogP contribution in [0.15, 0.2) is 34.5 Å². The third-order valence-electron chi connectivity index (χ3n) is 1.44. The van der Waals surface area contributed by atoms with Crippen molar-refractivity contribution in [2.45, 2.75) is 6.92 Å². The van der Waals surface area contributed by atoms with Crippen LogP contribution in [0.2, 0.25) is 0 Å². The Morgan fingerprint density at radius 2 is 2.00 bits per heavy atom. The van der Waals surface area contributed by atoms with Crippen LogP contribution in [0.5, 0.6) is 0 Å². The van der Waals surface area contributed by atoms with Crippen LogP contribution in [0, 0.1) is 0 Å². The Morgan fingerprint density at radius 3 is 2.46 bits per heavy atom. The molecule has 0 fully saturated rings. The summed E-state index contributed by atoms with van der Waals surface area (Å²) in [5.74, 6) is -0.931. The number of aromatic carboxylic acids is 1. The maximum Gasteiger partial charge on any atom is 0.335 e. The molecular weight excluding hydrogens is 168 g/mol. The zero-order chi connectivity index (χ0) is 9.68. The number of carboxylic acid groups (broad SMARTS) is 1. The van der Waals surface area contributed by atoms with Crippen LogP contribution in [-0.4, -0.2) is 17.6 Å². The van der Waals surface area contributed by atoms with Gasteiger partial charge in [0.15, 0.2) is 0 Å². The van der Waals surface area contributed by atoms with Crippen LogP contribution in [0.3, 0.4) is 0 Å². The highest BCUT2D eigenvalue weighted by Crippen LogP contribution is 2.13. The molecule has 0 aliphatic rings. The monoisotopic (exact) mass is 178 g/mol. The molecule has 0 saturated heterocycles. The van der Waals surface area contributed by atoms with E-state index in [4.69, 9.17) is 5.11 Å². The Bertz CT molecular complexity index is 317. The zero-order valence-electron chi connectivity index (χ0n) is 7.27. The van der Waals surface area contributed by atoms with Crippen molar-refractivity contribution in [1.29, 1.82) is 0 Å². The average molecular weight is 178 g/mol. The molecule has 0 aliphatic carbocycles. The first-order chi connectivity index (χ1) is 6.24. The van der Waals surface area contributed by atoms with Crippen LogP contribution in [0.4, 0.5) is 5.69 Å². The van der Waals surface area contributed by atoms with Crippen LogP contribution < -0.4 is 0 Å². The van der Waals surface area contributed by atoms with Gasteiger partial charge in [-0.05, 0) is 31.2 Å². The van der Waals surface area contributed by atoms with Gasteiger partial charge in [0.25, 0.3) is 0 Å². The summed E-state index contributed by atoms with van der Waals surface area (Å²) in [6, 6.07) is 6.27. The van der Waals surface area contributed by atoms with Crippen molar-refractivity contribution in [2.24, 2.45) is 10.2 Å². The first-order valence-corrected chi connectivity index (χ1v) is 3.95. The van der Waals surface area contributed by atoms with Gasteiger partial charge in [0.2, 0.25) is 0 Å². The van der Waals surface area contributed by atoms with Gasteiger partial charge in [-0.2, -0.15) is 10.2 Å². The van der Waals surface area contributed by atoms with Crippen molar-refractivity contribution >= 4 is 11.7 Å². The van der Waals surface area contributed by atoms with Crippen LogP contribution >= 0.6 is 0 Å². The van der Waals surface area contributed by atoms with E-state index in [2.05, 4.69) is 10.2 Å². The Hall–Kier alpha value is -1.71. The molecule has 1 N–H and O–H groups in total. The highest BCUT2D eigenvalue weighted by Gasteiger charge is 2.00. The molecule has 0 bridgehead atoms. The van der Waals surface area contributed by atoms with E-state index >= 15 is 0 Å². The lowest BCUT2D eigenvalue weighted by Crippen LogP contribution is -1.93. The maximum absolute atomic E-state index is 10.5. The quantitative estimate of drug-likeness (QED) is 0.722. The SMILES string of the molecule is CCN=Nc1ccc(C(=O)O)cc1. The summed E-state index contributed by atoms with van der Waals surface area (Å²) < 4.78 is 0. The summed E-state index contributed by atoms with van der Waals surface area (Å²) in [7, 11) is 0. The summed E-state index contributed by atoms with van der Waals surface area (Å²) in [5, 5.41) is 16.2. The molecule has 0 radical (unpaired) electrons. The summed E-state index contributed by atoms with van der Waals surface area (Å²) in [6.07, 6.45) is 0. The van der Waals surface area contributed by atoms with Crippen molar-refractivity contribution in [3.8, 4) is 0 Å². The molecule has 0 amide bonds. The number of azo groups is 1. The standard InChI is InChI=1S/C9H10N2O2/c1-2-10-11-8-5-3-7(4-6-8)9(12)13/h3-6H,2H2,1H3,(H,12,13). The summed E-state index contributed by atoms with van der Waals surface area (Å²) in [5.41, 5.74) is 0.933. The molecular formula is C9H10N2O2. The molecule has 0 saturated carbocycles. The fourth-order valence-corrected chi connectivity index (χ4v) is 0.823. The van der Waals surface area contributed by atoms with Gasteiger partial charge in [-0.1, -0.05) is 0 Å². The minimum absolute atomic E-state index is 0.260. The fraction of sp³-hybridized carbons (Fsp3) is 0.222. The van der Waals surface area contributed by atoms with Crippen molar-refractivity contribution < 1.29 is 9.90 Å². The van der Waals surface area contributed by atoms with Gasteiger partial charge in [0.05, 0.1) is 17.8 Å². The first-order valence-electron chi connectivity index (χ1n) is 3.95. The summed E-state index contributed by atoms with van der Waals surface area (Å²) in [4.78, 5) is 10.5. The highest BCUT2D eigenvalue weighted by molar-refractivity contribution is 5.87. The molecule has 0 heterocycles. The number of hydrogen-bond acceptors (Lipinski definition) is 3. The molecule has 1 aromatic rings. The van der Waals surface area contributed by atoms with Gasteiger partial charge in [-0.3, -0.25) is 0 Å². The summed E-state index contributed by atoms with van der Waals surface area (Å²) >= 11 is 0. The van der Waals surface area contributed by atoms with E-state index in [1.165, 1.54) is 12.1 Å². The lowest BCUT2D eigenvalue weighted by Gasteiger charge is -1.93. The van der Waals surface area contributed by atoms with Gasteiger partial charge in [-0.25, -0.2) is 4.79 Å². The Balaban J connectivity index is 2.81. The lowest BCUT2D eigenvalue weighted by molar-refractivity contribution is 0.0697.